The van der Waals surface area contributed by atoms with Crippen molar-refractivity contribution >= 4 is 29.0 Å². The van der Waals surface area contributed by atoms with Crippen molar-refractivity contribution in [2.45, 2.75) is 37.7 Å². The van der Waals surface area contributed by atoms with Gasteiger partial charge in [0.05, 0.1) is 5.60 Å². The van der Waals surface area contributed by atoms with Crippen molar-refractivity contribution in [2.24, 2.45) is 0 Å². The highest BCUT2D eigenvalue weighted by Crippen LogP contribution is 2.32. The molecule has 0 radical (unpaired) electrons. The number of hydrogen-bond donors (Lipinski definition) is 1. The van der Waals surface area contributed by atoms with Crippen molar-refractivity contribution < 1.29 is 9.90 Å². The van der Waals surface area contributed by atoms with E-state index >= 15 is 0 Å². The van der Waals surface area contributed by atoms with Gasteiger partial charge in [0, 0.05) is 29.3 Å². The molecule has 0 aliphatic heterocycles. The third-order valence-corrected chi connectivity index (χ3v) is 3.87. The Morgan fingerprint density at radius 3 is 2.53 bits per heavy atom. The molecule has 0 bridgehead atoms. The van der Waals surface area contributed by atoms with E-state index in [4.69, 9.17) is 23.2 Å². The van der Waals surface area contributed by atoms with Crippen LogP contribution in [0.1, 0.15) is 31.2 Å². The van der Waals surface area contributed by atoms with Crippen molar-refractivity contribution in [3.8, 4) is 0 Å². The number of ketones is 1. The Bertz CT molecular complexity index is 433. The second kappa shape index (κ2) is 4.97. The summed E-state index contributed by atoms with van der Waals surface area (Å²) in [7, 11) is 0. The summed E-state index contributed by atoms with van der Waals surface area (Å²) in [6.45, 7) is 0. The van der Waals surface area contributed by atoms with Crippen LogP contribution in [0.3, 0.4) is 0 Å². The van der Waals surface area contributed by atoms with Crippen LogP contribution in [0.4, 0.5) is 0 Å². The van der Waals surface area contributed by atoms with E-state index in [2.05, 4.69) is 0 Å². The summed E-state index contributed by atoms with van der Waals surface area (Å²) in [6, 6.07) is 5.23. The van der Waals surface area contributed by atoms with E-state index in [1.165, 1.54) is 0 Å². The molecular weight excluding hydrogens is 259 g/mol. The van der Waals surface area contributed by atoms with Gasteiger partial charge in [-0.2, -0.15) is 0 Å². The van der Waals surface area contributed by atoms with Gasteiger partial charge in [0.1, 0.15) is 5.78 Å². The Morgan fingerprint density at radius 2 is 1.88 bits per heavy atom. The standard InChI is InChI=1S/C13H14Cl2O2/c14-10-1-2-12(15)9(7-10)8-13(17)5-3-11(16)4-6-13/h1-2,7,17H,3-6,8H2. The average molecular weight is 273 g/mol. The summed E-state index contributed by atoms with van der Waals surface area (Å²) >= 11 is 12.0. The topological polar surface area (TPSA) is 37.3 Å². The van der Waals surface area contributed by atoms with E-state index in [0.717, 1.165) is 5.56 Å². The van der Waals surface area contributed by atoms with Crippen LogP contribution in [0.25, 0.3) is 0 Å². The molecule has 0 aromatic heterocycles. The maximum absolute atomic E-state index is 11.2. The van der Waals surface area contributed by atoms with Gasteiger partial charge < -0.3 is 5.11 Å². The van der Waals surface area contributed by atoms with Crippen molar-refractivity contribution in [3.63, 3.8) is 0 Å². The van der Waals surface area contributed by atoms with Gasteiger partial charge in [-0.05, 0) is 36.6 Å². The van der Waals surface area contributed by atoms with E-state index in [9.17, 15) is 9.90 Å². The largest absolute Gasteiger partial charge is 0.390 e. The molecule has 1 fully saturated rings. The Morgan fingerprint density at radius 1 is 1.24 bits per heavy atom. The SMILES string of the molecule is O=C1CCC(O)(Cc2cc(Cl)ccc2Cl)CC1. The van der Waals surface area contributed by atoms with Gasteiger partial charge in [-0.1, -0.05) is 23.2 Å². The highest BCUT2D eigenvalue weighted by atomic mass is 35.5. The minimum absolute atomic E-state index is 0.229. The molecular formula is C13H14Cl2O2. The fraction of sp³-hybridized carbons (Fsp3) is 0.462. The summed E-state index contributed by atoms with van der Waals surface area (Å²) in [5.74, 6) is 0.229. The van der Waals surface area contributed by atoms with Crippen LogP contribution < -0.4 is 0 Å². The average Bonchev–Trinajstić information content (AvgIpc) is 2.28. The van der Waals surface area contributed by atoms with Crippen molar-refractivity contribution in [3.05, 3.63) is 33.8 Å². The molecule has 0 spiro atoms. The van der Waals surface area contributed by atoms with Crippen molar-refractivity contribution in [1.82, 2.24) is 0 Å². The summed E-state index contributed by atoms with van der Waals surface area (Å²) in [4.78, 5) is 11.2. The summed E-state index contributed by atoms with van der Waals surface area (Å²) < 4.78 is 0. The highest BCUT2D eigenvalue weighted by Gasteiger charge is 2.32. The minimum Gasteiger partial charge on any atom is -0.390 e. The predicted molar refractivity (Wildman–Crippen MR) is 68.6 cm³/mol. The number of carbonyl (C=O) groups excluding carboxylic acids is 1. The molecule has 0 amide bonds. The van der Waals surface area contributed by atoms with E-state index in [-0.39, 0.29) is 5.78 Å². The lowest BCUT2D eigenvalue weighted by molar-refractivity contribution is -0.125. The van der Waals surface area contributed by atoms with Crippen LogP contribution in [0.2, 0.25) is 10.0 Å². The molecule has 0 atom stereocenters. The number of carbonyl (C=O) groups is 1. The monoisotopic (exact) mass is 272 g/mol. The molecule has 1 aliphatic carbocycles. The predicted octanol–water partition coefficient (Wildman–Crippen LogP) is 3.41. The molecule has 1 aliphatic rings. The number of aliphatic hydroxyl groups is 1. The molecule has 4 heteroatoms. The zero-order chi connectivity index (χ0) is 12.5. The number of halogens is 2. The maximum atomic E-state index is 11.2. The first-order valence-corrected chi connectivity index (χ1v) is 6.42. The van der Waals surface area contributed by atoms with Crippen LogP contribution in [0.15, 0.2) is 18.2 Å². The molecule has 1 aromatic carbocycles. The van der Waals surface area contributed by atoms with Crippen LogP contribution in [0, 0.1) is 0 Å². The number of Topliss-reactive ketones (excluding diaryl/α,β-unsaturated/α-hetero) is 1. The Labute approximate surface area is 111 Å². The van der Waals surface area contributed by atoms with Crippen molar-refractivity contribution in [1.29, 1.82) is 0 Å². The Hall–Kier alpha value is -0.570. The quantitative estimate of drug-likeness (QED) is 0.896. The zero-order valence-corrected chi connectivity index (χ0v) is 10.9. The molecule has 2 nitrogen and oxygen atoms in total. The first-order valence-electron chi connectivity index (χ1n) is 5.67. The van der Waals surface area contributed by atoms with Crippen LogP contribution >= 0.6 is 23.2 Å². The minimum atomic E-state index is -0.817. The van der Waals surface area contributed by atoms with Crippen molar-refractivity contribution in [2.75, 3.05) is 0 Å². The van der Waals surface area contributed by atoms with Gasteiger partial charge in [-0.3, -0.25) is 4.79 Å². The lowest BCUT2D eigenvalue weighted by atomic mass is 9.80. The number of rotatable bonds is 2. The second-order valence-electron chi connectivity index (χ2n) is 4.68. The third kappa shape index (κ3) is 3.21. The van der Waals surface area contributed by atoms with Gasteiger partial charge in [0.25, 0.3) is 0 Å². The van der Waals surface area contributed by atoms with Gasteiger partial charge >= 0.3 is 0 Å². The number of benzene rings is 1. The lowest BCUT2D eigenvalue weighted by Crippen LogP contribution is -2.36. The molecule has 0 saturated heterocycles. The normalized spacial score (nSPS) is 19.4. The van der Waals surface area contributed by atoms with Gasteiger partial charge in [0.15, 0.2) is 0 Å². The first kappa shape index (κ1) is 12.9. The fourth-order valence-corrected chi connectivity index (χ4v) is 2.58. The molecule has 1 saturated carbocycles. The smallest absolute Gasteiger partial charge is 0.133 e. The number of hydrogen-bond acceptors (Lipinski definition) is 2. The van der Waals surface area contributed by atoms with Crippen LogP contribution in [-0.2, 0) is 11.2 Å². The summed E-state index contributed by atoms with van der Waals surface area (Å²) in [5.41, 5.74) is 0.0263. The van der Waals surface area contributed by atoms with E-state index in [1.54, 1.807) is 18.2 Å². The van der Waals surface area contributed by atoms with E-state index < -0.39 is 5.60 Å². The molecule has 1 aromatic rings. The summed E-state index contributed by atoms with van der Waals surface area (Å²) in [6.07, 6.45) is 2.38. The molecule has 92 valence electrons. The van der Waals surface area contributed by atoms with E-state index in [0.29, 0.717) is 42.1 Å². The lowest BCUT2D eigenvalue weighted by Gasteiger charge is -2.31. The third-order valence-electron chi connectivity index (χ3n) is 3.27. The maximum Gasteiger partial charge on any atom is 0.133 e. The zero-order valence-electron chi connectivity index (χ0n) is 9.38. The molecule has 1 N–H and O–H groups in total. The van der Waals surface area contributed by atoms with Crippen LogP contribution in [0.5, 0.6) is 0 Å². The Balaban J connectivity index is 2.14. The van der Waals surface area contributed by atoms with E-state index in [1.807, 2.05) is 0 Å². The van der Waals surface area contributed by atoms with Gasteiger partial charge in [-0.25, -0.2) is 0 Å². The van der Waals surface area contributed by atoms with Crippen LogP contribution in [-0.4, -0.2) is 16.5 Å². The Kier molecular flexibility index (Phi) is 3.76. The summed E-state index contributed by atoms with van der Waals surface area (Å²) in [5, 5.41) is 11.6. The molecule has 2 rings (SSSR count). The fourth-order valence-electron chi connectivity index (χ4n) is 2.20. The van der Waals surface area contributed by atoms with Gasteiger partial charge in [0.2, 0.25) is 0 Å². The first-order chi connectivity index (χ1) is 7.98. The van der Waals surface area contributed by atoms with Gasteiger partial charge in [-0.15, -0.1) is 0 Å². The molecule has 17 heavy (non-hydrogen) atoms. The molecule has 0 heterocycles. The second-order valence-corrected chi connectivity index (χ2v) is 5.52. The molecule has 0 unspecified atom stereocenters. The highest BCUT2D eigenvalue weighted by molar-refractivity contribution is 6.33.